The van der Waals surface area contributed by atoms with Crippen LogP contribution in [0.5, 0.6) is 5.75 Å². The molecule has 1 fully saturated rings. The zero-order valence-electron chi connectivity index (χ0n) is 13.8. The molecule has 3 N–H and O–H groups in total. The standard InChI is InChI=1S/C16H22F2N6O/c17-14(18)9-24-8-13(25-10-11-2-4-12(19)5-3-11)15(23-24)22-16-20-6-1-7-21-16/h1,6-8,11-12,14H,2-5,9-10,19H2,(H,20,21,22,23). The molecule has 0 radical (unpaired) electrons. The molecule has 0 amide bonds. The smallest absolute Gasteiger partial charge is 0.257 e. The van der Waals surface area contributed by atoms with Gasteiger partial charge in [0.25, 0.3) is 6.43 Å². The van der Waals surface area contributed by atoms with Gasteiger partial charge in [0.2, 0.25) is 5.95 Å². The van der Waals surface area contributed by atoms with E-state index in [1.165, 1.54) is 10.9 Å². The number of nitrogens with zero attached hydrogens (tertiary/aromatic N) is 4. The summed E-state index contributed by atoms with van der Waals surface area (Å²) in [5.74, 6) is 1.50. The molecule has 0 aromatic carbocycles. The Balaban J connectivity index is 1.68. The molecule has 0 bridgehead atoms. The fourth-order valence-corrected chi connectivity index (χ4v) is 2.86. The molecule has 3 rings (SSSR count). The first-order valence-electron chi connectivity index (χ1n) is 8.38. The van der Waals surface area contributed by atoms with Crippen LogP contribution in [0.2, 0.25) is 0 Å². The monoisotopic (exact) mass is 352 g/mol. The fourth-order valence-electron chi connectivity index (χ4n) is 2.86. The van der Waals surface area contributed by atoms with Crippen molar-refractivity contribution in [3.05, 3.63) is 24.7 Å². The molecule has 0 saturated heterocycles. The van der Waals surface area contributed by atoms with Gasteiger partial charge in [-0.25, -0.2) is 18.7 Å². The number of nitrogens with two attached hydrogens (primary N) is 1. The highest BCUT2D eigenvalue weighted by Gasteiger charge is 2.21. The third-order valence-corrected chi connectivity index (χ3v) is 4.22. The van der Waals surface area contributed by atoms with Gasteiger partial charge in [0.05, 0.1) is 12.8 Å². The molecule has 1 aliphatic rings. The highest BCUT2D eigenvalue weighted by Crippen LogP contribution is 2.28. The van der Waals surface area contributed by atoms with Crippen molar-refractivity contribution < 1.29 is 13.5 Å². The van der Waals surface area contributed by atoms with E-state index in [4.69, 9.17) is 10.5 Å². The Bertz CT molecular complexity index is 658. The second-order valence-electron chi connectivity index (χ2n) is 6.24. The molecule has 7 nitrogen and oxygen atoms in total. The first-order chi connectivity index (χ1) is 12.1. The minimum absolute atomic E-state index is 0.275. The van der Waals surface area contributed by atoms with E-state index in [0.717, 1.165) is 25.7 Å². The number of alkyl halides is 2. The van der Waals surface area contributed by atoms with Crippen molar-refractivity contribution in [1.29, 1.82) is 0 Å². The molecule has 25 heavy (non-hydrogen) atoms. The number of ether oxygens (including phenoxy) is 1. The molecule has 0 atom stereocenters. The largest absolute Gasteiger partial charge is 0.488 e. The summed E-state index contributed by atoms with van der Waals surface area (Å²) in [6.07, 6.45) is 6.14. The van der Waals surface area contributed by atoms with Gasteiger partial charge in [-0.2, -0.15) is 5.10 Å². The summed E-state index contributed by atoms with van der Waals surface area (Å²) in [7, 11) is 0. The summed E-state index contributed by atoms with van der Waals surface area (Å²) in [5, 5.41) is 7.04. The normalized spacial score (nSPS) is 20.6. The van der Waals surface area contributed by atoms with Crippen molar-refractivity contribution >= 4 is 11.8 Å². The Kier molecular flexibility index (Phi) is 5.75. The first kappa shape index (κ1) is 17.5. The Morgan fingerprint density at radius 1 is 1.24 bits per heavy atom. The third kappa shape index (κ3) is 5.09. The molecule has 1 aliphatic carbocycles. The van der Waals surface area contributed by atoms with E-state index in [-0.39, 0.29) is 6.04 Å². The zero-order valence-corrected chi connectivity index (χ0v) is 13.8. The van der Waals surface area contributed by atoms with Crippen LogP contribution in [0, 0.1) is 5.92 Å². The van der Waals surface area contributed by atoms with Gasteiger partial charge in [-0.3, -0.25) is 4.68 Å². The predicted octanol–water partition coefficient (Wildman–Crippen LogP) is 2.58. The van der Waals surface area contributed by atoms with Crippen molar-refractivity contribution in [1.82, 2.24) is 19.7 Å². The van der Waals surface area contributed by atoms with Gasteiger partial charge in [-0.05, 0) is 37.7 Å². The van der Waals surface area contributed by atoms with Crippen LogP contribution in [-0.2, 0) is 6.54 Å². The topological polar surface area (TPSA) is 90.9 Å². The molecule has 1 saturated carbocycles. The van der Waals surface area contributed by atoms with Gasteiger partial charge in [0, 0.05) is 18.4 Å². The molecule has 0 aliphatic heterocycles. The van der Waals surface area contributed by atoms with Gasteiger partial charge in [-0.15, -0.1) is 0 Å². The van der Waals surface area contributed by atoms with Crippen LogP contribution in [0.4, 0.5) is 20.5 Å². The Morgan fingerprint density at radius 2 is 1.96 bits per heavy atom. The lowest BCUT2D eigenvalue weighted by Gasteiger charge is -2.25. The number of hydrogen-bond donors (Lipinski definition) is 2. The van der Waals surface area contributed by atoms with E-state index in [2.05, 4.69) is 20.4 Å². The van der Waals surface area contributed by atoms with E-state index in [1.54, 1.807) is 18.5 Å². The second kappa shape index (κ2) is 8.19. The SMILES string of the molecule is NC1CCC(COc2cn(CC(F)F)nc2Nc2ncccn2)CC1. The number of rotatable bonds is 7. The van der Waals surface area contributed by atoms with Crippen LogP contribution in [0.3, 0.4) is 0 Å². The lowest BCUT2D eigenvalue weighted by molar-refractivity contribution is 0.121. The van der Waals surface area contributed by atoms with Gasteiger partial charge in [-0.1, -0.05) is 0 Å². The Labute approximate surface area is 144 Å². The highest BCUT2D eigenvalue weighted by atomic mass is 19.3. The summed E-state index contributed by atoms with van der Waals surface area (Å²) < 4.78 is 32.3. The summed E-state index contributed by atoms with van der Waals surface area (Å²) in [4.78, 5) is 8.11. The molecule has 9 heteroatoms. The molecular weight excluding hydrogens is 330 g/mol. The Hall–Kier alpha value is -2.29. The van der Waals surface area contributed by atoms with Crippen molar-refractivity contribution in [2.75, 3.05) is 11.9 Å². The van der Waals surface area contributed by atoms with Crippen LogP contribution in [0.1, 0.15) is 25.7 Å². The minimum atomic E-state index is -2.49. The second-order valence-corrected chi connectivity index (χ2v) is 6.24. The first-order valence-corrected chi connectivity index (χ1v) is 8.38. The molecule has 2 aromatic heterocycles. The van der Waals surface area contributed by atoms with Gasteiger partial charge < -0.3 is 15.8 Å². The van der Waals surface area contributed by atoms with E-state index >= 15 is 0 Å². The Morgan fingerprint density at radius 3 is 2.64 bits per heavy atom. The minimum Gasteiger partial charge on any atom is -0.488 e. The maximum atomic E-state index is 12.6. The summed E-state index contributed by atoms with van der Waals surface area (Å²) in [6.45, 7) is 0.0172. The fraction of sp³-hybridized carbons (Fsp3) is 0.562. The quantitative estimate of drug-likeness (QED) is 0.796. The van der Waals surface area contributed by atoms with Crippen LogP contribution in [0.25, 0.3) is 0 Å². The molecule has 136 valence electrons. The van der Waals surface area contributed by atoms with Crippen LogP contribution in [0.15, 0.2) is 24.7 Å². The lowest BCUT2D eigenvalue weighted by atomic mass is 9.87. The van der Waals surface area contributed by atoms with Gasteiger partial charge in [0.1, 0.15) is 6.54 Å². The third-order valence-electron chi connectivity index (χ3n) is 4.22. The predicted molar refractivity (Wildman–Crippen MR) is 89.0 cm³/mol. The number of hydrogen-bond acceptors (Lipinski definition) is 6. The number of nitrogens with one attached hydrogen (secondary N) is 1. The average molecular weight is 352 g/mol. The maximum Gasteiger partial charge on any atom is 0.257 e. The van der Waals surface area contributed by atoms with Gasteiger partial charge >= 0.3 is 0 Å². The zero-order chi connectivity index (χ0) is 17.6. The van der Waals surface area contributed by atoms with Crippen LogP contribution in [-0.4, -0.2) is 38.8 Å². The van der Waals surface area contributed by atoms with Crippen molar-refractivity contribution in [2.24, 2.45) is 11.7 Å². The van der Waals surface area contributed by atoms with Crippen molar-refractivity contribution in [3.63, 3.8) is 0 Å². The van der Waals surface area contributed by atoms with Crippen LogP contribution < -0.4 is 15.8 Å². The number of aromatic nitrogens is 4. The molecule has 0 spiro atoms. The summed E-state index contributed by atoms with van der Waals surface area (Å²) in [6, 6.07) is 1.96. The lowest BCUT2D eigenvalue weighted by Crippen LogP contribution is -2.28. The van der Waals surface area contributed by atoms with E-state index in [1.807, 2.05) is 0 Å². The van der Waals surface area contributed by atoms with E-state index in [9.17, 15) is 8.78 Å². The average Bonchev–Trinajstić information content (AvgIpc) is 2.96. The van der Waals surface area contributed by atoms with Crippen LogP contribution >= 0.6 is 0 Å². The van der Waals surface area contributed by atoms with Crippen molar-refractivity contribution in [3.8, 4) is 5.75 Å². The molecule has 2 heterocycles. The van der Waals surface area contributed by atoms with E-state index in [0.29, 0.717) is 30.0 Å². The number of anilines is 2. The summed E-state index contributed by atoms with van der Waals surface area (Å²) >= 11 is 0. The van der Waals surface area contributed by atoms with Crippen molar-refractivity contribution in [2.45, 2.75) is 44.7 Å². The molecular formula is C16H22F2N6O. The van der Waals surface area contributed by atoms with Gasteiger partial charge in [0.15, 0.2) is 11.6 Å². The number of halogens is 2. The molecule has 0 unspecified atom stereocenters. The summed E-state index contributed by atoms with van der Waals surface area (Å²) in [5.41, 5.74) is 5.91. The maximum absolute atomic E-state index is 12.6. The molecule has 2 aromatic rings. The van der Waals surface area contributed by atoms with E-state index < -0.39 is 13.0 Å². The highest BCUT2D eigenvalue weighted by molar-refractivity contribution is 5.56.